The van der Waals surface area contributed by atoms with Gasteiger partial charge in [-0.05, 0) is 6.92 Å². The fraction of sp³-hybridized carbons (Fsp3) is 0.296. The van der Waals surface area contributed by atoms with Crippen molar-refractivity contribution in [1.29, 1.82) is 0 Å². The lowest BCUT2D eigenvalue weighted by Gasteiger charge is -2.18. The fourth-order valence-corrected chi connectivity index (χ4v) is 4.51. The van der Waals surface area contributed by atoms with Crippen LogP contribution >= 0.6 is 0 Å². The predicted molar refractivity (Wildman–Crippen MR) is 124 cm³/mol. The van der Waals surface area contributed by atoms with Gasteiger partial charge in [0, 0.05) is 23.1 Å². The summed E-state index contributed by atoms with van der Waals surface area (Å²) in [5.74, 6) is 0.124. The third-order valence-corrected chi connectivity index (χ3v) is 6.18. The first kappa shape index (κ1) is 21.3. The van der Waals surface area contributed by atoms with E-state index in [9.17, 15) is 4.79 Å². The van der Waals surface area contributed by atoms with E-state index in [0.717, 1.165) is 26.1 Å². The second kappa shape index (κ2) is 10.4. The number of nitrogens with two attached hydrogens (primary N) is 1. The molecule has 1 aliphatic rings. The van der Waals surface area contributed by atoms with Gasteiger partial charge in [0.2, 0.25) is 0 Å². The van der Waals surface area contributed by atoms with Crippen molar-refractivity contribution in [3.63, 3.8) is 0 Å². The second-order valence-corrected chi connectivity index (χ2v) is 8.66. The summed E-state index contributed by atoms with van der Waals surface area (Å²) in [6.07, 6.45) is 1.05. The SMILES string of the molecule is Cc1ccc([C@@H]([NH2+]CC(=O)N[C@H]2CC[NH+](Cc3ccccc3)C2)c2ccccc2)cc1. The minimum atomic E-state index is 0.122. The lowest BCUT2D eigenvalue weighted by Crippen LogP contribution is -3.09. The van der Waals surface area contributed by atoms with Crippen molar-refractivity contribution >= 4 is 5.91 Å². The fourth-order valence-electron chi connectivity index (χ4n) is 4.51. The van der Waals surface area contributed by atoms with Gasteiger partial charge < -0.3 is 15.5 Å². The number of carbonyl (C=O) groups is 1. The first-order valence-corrected chi connectivity index (χ1v) is 11.3. The van der Waals surface area contributed by atoms with Gasteiger partial charge in [0.25, 0.3) is 5.91 Å². The monoisotopic (exact) mass is 415 g/mol. The van der Waals surface area contributed by atoms with E-state index >= 15 is 0 Å². The summed E-state index contributed by atoms with van der Waals surface area (Å²) in [7, 11) is 0. The van der Waals surface area contributed by atoms with Gasteiger partial charge in [-0.1, -0.05) is 90.5 Å². The Kier molecular flexibility index (Phi) is 7.13. The molecule has 0 radical (unpaired) electrons. The van der Waals surface area contributed by atoms with E-state index in [1.165, 1.54) is 22.3 Å². The van der Waals surface area contributed by atoms with Crippen molar-refractivity contribution in [1.82, 2.24) is 5.32 Å². The number of quaternary nitrogens is 2. The van der Waals surface area contributed by atoms with Gasteiger partial charge in [-0.15, -0.1) is 0 Å². The predicted octanol–water partition coefficient (Wildman–Crippen LogP) is 1.62. The topological polar surface area (TPSA) is 50.1 Å². The largest absolute Gasteiger partial charge is 0.343 e. The van der Waals surface area contributed by atoms with Gasteiger partial charge in [-0.25, -0.2) is 0 Å². The molecule has 1 heterocycles. The Bertz CT molecular complexity index is 957. The molecule has 4 nitrogen and oxygen atoms in total. The van der Waals surface area contributed by atoms with E-state index < -0.39 is 0 Å². The molecule has 3 aromatic carbocycles. The molecule has 1 fully saturated rings. The third-order valence-electron chi connectivity index (χ3n) is 6.18. The first-order valence-electron chi connectivity index (χ1n) is 11.3. The molecule has 0 aromatic heterocycles. The maximum absolute atomic E-state index is 12.7. The molecule has 31 heavy (non-hydrogen) atoms. The zero-order valence-electron chi connectivity index (χ0n) is 18.3. The number of hydrogen-bond acceptors (Lipinski definition) is 1. The van der Waals surface area contributed by atoms with Crippen LogP contribution in [-0.4, -0.2) is 31.6 Å². The zero-order chi connectivity index (χ0) is 21.5. The normalized spacial score (nSPS) is 19.1. The molecule has 4 heteroatoms. The number of benzene rings is 3. The Labute approximate surface area is 185 Å². The maximum Gasteiger partial charge on any atom is 0.275 e. The van der Waals surface area contributed by atoms with Crippen LogP contribution < -0.4 is 15.5 Å². The van der Waals surface area contributed by atoms with Crippen LogP contribution in [0.1, 0.15) is 34.7 Å². The molecule has 4 N–H and O–H groups in total. The number of amides is 1. The molecule has 3 atom stereocenters. The lowest BCUT2D eigenvalue weighted by molar-refractivity contribution is -0.901. The Morgan fingerprint density at radius 2 is 1.61 bits per heavy atom. The molecule has 3 aromatic rings. The summed E-state index contributed by atoms with van der Waals surface area (Å²) in [5, 5.41) is 5.42. The quantitative estimate of drug-likeness (QED) is 0.515. The molecule has 1 saturated heterocycles. The van der Waals surface area contributed by atoms with Crippen molar-refractivity contribution in [2.45, 2.75) is 32.0 Å². The molecular weight excluding hydrogens is 382 g/mol. The number of nitrogens with one attached hydrogen (secondary N) is 2. The number of hydrogen-bond donors (Lipinski definition) is 3. The Balaban J connectivity index is 1.31. The van der Waals surface area contributed by atoms with Crippen molar-refractivity contribution in [3.8, 4) is 0 Å². The van der Waals surface area contributed by atoms with Gasteiger partial charge in [-0.3, -0.25) is 4.79 Å². The highest BCUT2D eigenvalue weighted by Gasteiger charge is 2.28. The van der Waals surface area contributed by atoms with Crippen LogP contribution in [0.5, 0.6) is 0 Å². The maximum atomic E-state index is 12.7. The Hall–Kier alpha value is -2.95. The van der Waals surface area contributed by atoms with Crippen molar-refractivity contribution in [2.75, 3.05) is 19.6 Å². The van der Waals surface area contributed by atoms with Crippen LogP contribution in [-0.2, 0) is 11.3 Å². The highest BCUT2D eigenvalue weighted by molar-refractivity contribution is 5.77. The summed E-state index contributed by atoms with van der Waals surface area (Å²) >= 11 is 0. The molecule has 0 bridgehead atoms. The van der Waals surface area contributed by atoms with E-state index in [1.807, 2.05) is 6.07 Å². The Morgan fingerprint density at radius 3 is 2.32 bits per heavy atom. The molecule has 0 saturated carbocycles. The van der Waals surface area contributed by atoms with E-state index in [1.54, 1.807) is 4.90 Å². The van der Waals surface area contributed by atoms with Crippen LogP contribution in [0.4, 0.5) is 0 Å². The standard InChI is InChI=1S/C27H31N3O/c1-21-12-14-24(15-13-21)27(23-10-6-3-7-11-23)28-18-26(31)29-25-16-17-30(20-25)19-22-8-4-2-5-9-22/h2-15,25,27-28H,16-20H2,1H3,(H,29,31)/p+2/t25-,27-/m0/s1. The number of carbonyl (C=O) groups excluding carboxylic acids is 1. The van der Waals surface area contributed by atoms with Gasteiger partial charge in [0.05, 0.1) is 19.1 Å². The first-order chi connectivity index (χ1) is 15.2. The number of aryl methyl sites for hydroxylation is 1. The van der Waals surface area contributed by atoms with E-state index in [4.69, 9.17) is 0 Å². The minimum Gasteiger partial charge on any atom is -0.343 e. The molecule has 0 aliphatic carbocycles. The van der Waals surface area contributed by atoms with E-state index in [0.29, 0.717) is 6.54 Å². The molecule has 1 unspecified atom stereocenters. The lowest BCUT2D eigenvalue weighted by atomic mass is 9.98. The van der Waals surface area contributed by atoms with Crippen LogP contribution in [0.25, 0.3) is 0 Å². The van der Waals surface area contributed by atoms with Gasteiger partial charge in [0.1, 0.15) is 12.6 Å². The van der Waals surface area contributed by atoms with Crippen LogP contribution in [0.3, 0.4) is 0 Å². The van der Waals surface area contributed by atoms with Gasteiger partial charge in [-0.2, -0.15) is 0 Å². The van der Waals surface area contributed by atoms with E-state index in [-0.39, 0.29) is 18.0 Å². The molecule has 0 spiro atoms. The van der Waals surface area contributed by atoms with Gasteiger partial charge in [0.15, 0.2) is 6.54 Å². The molecule has 160 valence electrons. The van der Waals surface area contributed by atoms with Crippen LogP contribution in [0.15, 0.2) is 84.9 Å². The number of likely N-dealkylation sites (tertiary alicyclic amines) is 1. The van der Waals surface area contributed by atoms with Crippen LogP contribution in [0.2, 0.25) is 0 Å². The zero-order valence-corrected chi connectivity index (χ0v) is 18.3. The van der Waals surface area contributed by atoms with Gasteiger partial charge >= 0.3 is 0 Å². The highest BCUT2D eigenvalue weighted by atomic mass is 16.2. The summed E-state index contributed by atoms with van der Waals surface area (Å²) in [6.45, 7) is 5.67. The average molecular weight is 416 g/mol. The van der Waals surface area contributed by atoms with Crippen molar-refractivity contribution in [3.05, 3.63) is 107 Å². The summed E-state index contributed by atoms with van der Waals surface area (Å²) in [4.78, 5) is 14.3. The Morgan fingerprint density at radius 1 is 0.968 bits per heavy atom. The minimum absolute atomic E-state index is 0.122. The molecule has 1 amide bonds. The van der Waals surface area contributed by atoms with Crippen LogP contribution in [0, 0.1) is 6.92 Å². The highest BCUT2D eigenvalue weighted by Crippen LogP contribution is 2.18. The van der Waals surface area contributed by atoms with Crippen molar-refractivity contribution in [2.24, 2.45) is 0 Å². The molecule has 1 aliphatic heterocycles. The number of rotatable bonds is 8. The smallest absolute Gasteiger partial charge is 0.275 e. The average Bonchev–Trinajstić information content (AvgIpc) is 3.23. The third kappa shape index (κ3) is 6.03. The van der Waals surface area contributed by atoms with Crippen molar-refractivity contribution < 1.29 is 15.0 Å². The summed E-state index contributed by atoms with van der Waals surface area (Å²) in [6, 6.07) is 30.1. The molecule has 4 rings (SSSR count). The summed E-state index contributed by atoms with van der Waals surface area (Å²) in [5.41, 5.74) is 5.06. The second-order valence-electron chi connectivity index (χ2n) is 8.66. The van der Waals surface area contributed by atoms with E-state index in [2.05, 4.69) is 96.4 Å². The molecular formula is C27H33N3O+2. The summed E-state index contributed by atoms with van der Waals surface area (Å²) < 4.78 is 0.